The molecule has 0 aliphatic heterocycles. The Labute approximate surface area is 119 Å². The van der Waals surface area contributed by atoms with E-state index in [1.807, 2.05) is 24.9 Å². The molecule has 0 radical (unpaired) electrons. The van der Waals surface area contributed by atoms with Crippen molar-refractivity contribution in [3.8, 4) is 0 Å². The quantitative estimate of drug-likeness (QED) is 0.604. The summed E-state index contributed by atoms with van der Waals surface area (Å²) in [5, 5.41) is 15.1. The van der Waals surface area contributed by atoms with E-state index >= 15 is 0 Å². The molecule has 1 aromatic heterocycles. The molecule has 6 heteroatoms. The third-order valence-corrected chi connectivity index (χ3v) is 3.59. The highest BCUT2D eigenvalue weighted by Gasteiger charge is 2.07. The summed E-state index contributed by atoms with van der Waals surface area (Å²) in [7, 11) is 1.86. The van der Waals surface area contributed by atoms with Gasteiger partial charge in [-0.25, -0.2) is 9.97 Å². The Morgan fingerprint density at radius 3 is 2.63 bits per heavy atom. The van der Waals surface area contributed by atoms with Crippen molar-refractivity contribution in [3.05, 3.63) is 11.9 Å². The van der Waals surface area contributed by atoms with Crippen LogP contribution in [0.5, 0.6) is 0 Å². The lowest BCUT2D eigenvalue weighted by molar-refractivity contribution is 0.296. The minimum atomic E-state index is 0.273. The van der Waals surface area contributed by atoms with E-state index in [2.05, 4.69) is 34.4 Å². The summed E-state index contributed by atoms with van der Waals surface area (Å²) in [5.41, 5.74) is 0. The lowest BCUT2D eigenvalue weighted by Crippen LogP contribution is -2.10. The summed E-state index contributed by atoms with van der Waals surface area (Å²) >= 11 is 1.84. The van der Waals surface area contributed by atoms with Gasteiger partial charge in [0.15, 0.2) is 0 Å². The first-order chi connectivity index (χ1) is 9.17. The van der Waals surface area contributed by atoms with Crippen LogP contribution in [0.2, 0.25) is 0 Å². The highest BCUT2D eigenvalue weighted by Crippen LogP contribution is 2.16. The van der Waals surface area contributed by atoms with Crippen LogP contribution in [0.25, 0.3) is 0 Å². The number of aliphatic hydroxyl groups is 1. The fraction of sp³-hybridized carbons (Fsp3) is 0.692. The van der Waals surface area contributed by atoms with Gasteiger partial charge in [-0.05, 0) is 12.2 Å². The molecule has 0 atom stereocenters. The van der Waals surface area contributed by atoms with Gasteiger partial charge in [0.1, 0.15) is 17.5 Å². The predicted octanol–water partition coefficient (Wildman–Crippen LogP) is 2.17. The summed E-state index contributed by atoms with van der Waals surface area (Å²) in [4.78, 5) is 8.93. The van der Waals surface area contributed by atoms with Gasteiger partial charge in [0.25, 0.3) is 0 Å². The predicted molar refractivity (Wildman–Crippen MR) is 83.2 cm³/mol. The fourth-order valence-corrected chi connectivity index (χ4v) is 2.25. The Kier molecular flexibility index (Phi) is 7.59. The van der Waals surface area contributed by atoms with Crippen LogP contribution in [0.15, 0.2) is 6.07 Å². The van der Waals surface area contributed by atoms with E-state index in [0.717, 1.165) is 41.9 Å². The zero-order valence-corrected chi connectivity index (χ0v) is 12.8. The van der Waals surface area contributed by atoms with E-state index in [1.54, 1.807) is 0 Å². The molecule has 19 heavy (non-hydrogen) atoms. The number of hydrogen-bond acceptors (Lipinski definition) is 6. The number of rotatable bonds is 9. The molecule has 3 N–H and O–H groups in total. The molecule has 0 spiro atoms. The summed E-state index contributed by atoms with van der Waals surface area (Å²) in [6.07, 6.45) is 0.861. The second-order valence-electron chi connectivity index (χ2n) is 4.52. The maximum atomic E-state index is 8.69. The van der Waals surface area contributed by atoms with Gasteiger partial charge in [0.2, 0.25) is 0 Å². The van der Waals surface area contributed by atoms with Crippen molar-refractivity contribution in [2.24, 2.45) is 0 Å². The molecule has 108 valence electrons. The number of anilines is 2. The number of nitrogens with one attached hydrogen (secondary N) is 2. The van der Waals surface area contributed by atoms with Crippen LogP contribution in [0.3, 0.4) is 0 Å². The van der Waals surface area contributed by atoms with Crippen molar-refractivity contribution in [1.29, 1.82) is 0 Å². The standard InChI is InChI=1S/C13H24N4OS/c1-10(2)13-16-11(14-3)9-12(17-13)15-5-8-19-7-4-6-18/h9-10,18H,4-8H2,1-3H3,(H2,14,15,16,17). The molecular weight excluding hydrogens is 260 g/mol. The second kappa shape index (κ2) is 8.98. The minimum Gasteiger partial charge on any atom is -0.396 e. The summed E-state index contributed by atoms with van der Waals surface area (Å²) in [5.74, 6) is 4.88. The smallest absolute Gasteiger partial charge is 0.135 e. The van der Waals surface area contributed by atoms with E-state index in [4.69, 9.17) is 5.11 Å². The fourth-order valence-electron chi connectivity index (χ4n) is 1.46. The average molecular weight is 284 g/mol. The molecular formula is C13H24N4OS. The first kappa shape index (κ1) is 16.0. The van der Waals surface area contributed by atoms with Crippen molar-refractivity contribution in [3.63, 3.8) is 0 Å². The van der Waals surface area contributed by atoms with E-state index in [1.165, 1.54) is 0 Å². The molecule has 0 unspecified atom stereocenters. The molecule has 5 nitrogen and oxygen atoms in total. The van der Waals surface area contributed by atoms with Crippen LogP contribution in [0.1, 0.15) is 32.0 Å². The Bertz CT molecular complexity index is 374. The topological polar surface area (TPSA) is 70.1 Å². The molecule has 0 fully saturated rings. The lowest BCUT2D eigenvalue weighted by Gasteiger charge is -2.11. The Balaban J connectivity index is 2.46. The molecule has 0 aromatic carbocycles. The van der Waals surface area contributed by atoms with Gasteiger partial charge in [0.05, 0.1) is 0 Å². The number of thioether (sulfide) groups is 1. The number of hydrogen-bond donors (Lipinski definition) is 3. The zero-order chi connectivity index (χ0) is 14.1. The van der Waals surface area contributed by atoms with Gasteiger partial charge in [-0.1, -0.05) is 13.8 Å². The number of aromatic nitrogens is 2. The van der Waals surface area contributed by atoms with Crippen molar-refractivity contribution in [1.82, 2.24) is 9.97 Å². The molecule has 0 saturated carbocycles. The van der Waals surface area contributed by atoms with Gasteiger partial charge < -0.3 is 15.7 Å². The number of nitrogens with zero attached hydrogens (tertiary/aromatic N) is 2. The normalized spacial score (nSPS) is 10.8. The van der Waals surface area contributed by atoms with Crippen LogP contribution in [0.4, 0.5) is 11.6 Å². The van der Waals surface area contributed by atoms with Crippen molar-refractivity contribution in [2.75, 3.05) is 42.3 Å². The molecule has 0 bridgehead atoms. The molecule has 0 saturated heterocycles. The third-order valence-electron chi connectivity index (χ3n) is 2.52. The number of aliphatic hydroxyl groups excluding tert-OH is 1. The molecule has 0 amide bonds. The summed E-state index contributed by atoms with van der Waals surface area (Å²) in [6.45, 7) is 5.32. The van der Waals surface area contributed by atoms with E-state index < -0.39 is 0 Å². The van der Waals surface area contributed by atoms with Crippen LogP contribution < -0.4 is 10.6 Å². The van der Waals surface area contributed by atoms with Gasteiger partial charge >= 0.3 is 0 Å². The minimum absolute atomic E-state index is 0.273. The van der Waals surface area contributed by atoms with Crippen LogP contribution >= 0.6 is 11.8 Å². The van der Waals surface area contributed by atoms with Crippen molar-refractivity contribution in [2.45, 2.75) is 26.2 Å². The summed E-state index contributed by atoms with van der Waals surface area (Å²) < 4.78 is 0. The Morgan fingerprint density at radius 2 is 2.00 bits per heavy atom. The van der Waals surface area contributed by atoms with Gasteiger partial charge in [0, 0.05) is 37.9 Å². The molecule has 0 aliphatic carbocycles. The molecule has 1 aromatic rings. The monoisotopic (exact) mass is 284 g/mol. The first-order valence-electron chi connectivity index (χ1n) is 6.66. The average Bonchev–Trinajstić information content (AvgIpc) is 2.42. The third kappa shape index (κ3) is 6.11. The first-order valence-corrected chi connectivity index (χ1v) is 7.82. The SMILES string of the molecule is CNc1cc(NCCSCCCO)nc(C(C)C)n1. The van der Waals surface area contributed by atoms with E-state index in [0.29, 0.717) is 5.92 Å². The van der Waals surface area contributed by atoms with Crippen LogP contribution in [-0.2, 0) is 0 Å². The molecule has 1 rings (SSSR count). The van der Waals surface area contributed by atoms with Crippen molar-refractivity contribution < 1.29 is 5.11 Å². The van der Waals surface area contributed by atoms with E-state index in [-0.39, 0.29) is 6.61 Å². The molecule has 0 aliphatic rings. The van der Waals surface area contributed by atoms with Crippen LogP contribution in [-0.4, -0.2) is 46.8 Å². The second-order valence-corrected chi connectivity index (χ2v) is 5.74. The molecule has 1 heterocycles. The summed E-state index contributed by atoms with van der Waals surface area (Å²) in [6, 6.07) is 1.92. The largest absolute Gasteiger partial charge is 0.396 e. The lowest BCUT2D eigenvalue weighted by atomic mass is 10.2. The Hall–Kier alpha value is -1.01. The highest BCUT2D eigenvalue weighted by molar-refractivity contribution is 7.99. The highest BCUT2D eigenvalue weighted by atomic mass is 32.2. The van der Waals surface area contributed by atoms with Gasteiger partial charge in [-0.2, -0.15) is 11.8 Å². The van der Waals surface area contributed by atoms with Crippen LogP contribution in [0, 0.1) is 0 Å². The van der Waals surface area contributed by atoms with Crippen molar-refractivity contribution >= 4 is 23.4 Å². The maximum Gasteiger partial charge on any atom is 0.135 e. The Morgan fingerprint density at radius 1 is 1.26 bits per heavy atom. The maximum absolute atomic E-state index is 8.69. The van der Waals surface area contributed by atoms with Gasteiger partial charge in [-0.15, -0.1) is 0 Å². The van der Waals surface area contributed by atoms with Gasteiger partial charge in [-0.3, -0.25) is 0 Å². The zero-order valence-electron chi connectivity index (χ0n) is 11.9. The van der Waals surface area contributed by atoms with E-state index in [9.17, 15) is 0 Å².